The van der Waals surface area contributed by atoms with E-state index >= 15 is 0 Å². The fourth-order valence-electron chi connectivity index (χ4n) is 7.40. The molecule has 14 heteroatoms. The first kappa shape index (κ1) is 40.7. The molecule has 10 nitrogen and oxygen atoms in total. The Hall–Kier alpha value is -4.46. The fourth-order valence-corrected chi connectivity index (χ4v) is 7.40. The molecule has 1 fully saturated rings. The highest BCUT2D eigenvalue weighted by Gasteiger charge is 2.47. The monoisotopic (exact) mass is 757 g/mol. The number of H-pyrrole nitrogens is 1. The number of halogens is 4. The van der Waals surface area contributed by atoms with Crippen molar-refractivity contribution in [1.82, 2.24) is 26.3 Å². The molecule has 0 radical (unpaired) electrons. The van der Waals surface area contributed by atoms with Gasteiger partial charge in [0, 0.05) is 37.1 Å². The van der Waals surface area contributed by atoms with Gasteiger partial charge in [-0.05, 0) is 73.1 Å². The van der Waals surface area contributed by atoms with Crippen molar-refractivity contribution >= 4 is 34.5 Å². The predicted molar refractivity (Wildman–Crippen MR) is 195 cm³/mol. The second kappa shape index (κ2) is 17.3. The average molecular weight is 758 g/mol. The average Bonchev–Trinajstić information content (AvgIpc) is 3.51. The Labute approximate surface area is 312 Å². The van der Waals surface area contributed by atoms with Gasteiger partial charge in [0.1, 0.15) is 23.6 Å². The van der Waals surface area contributed by atoms with Crippen LogP contribution in [0.1, 0.15) is 88.6 Å². The number of aryl methyl sites for hydroxylation is 1. The third kappa shape index (κ3) is 9.42. The molecule has 1 saturated heterocycles. The molecular formula is C40H51F4N5O5. The van der Waals surface area contributed by atoms with Gasteiger partial charge in [0.05, 0.1) is 17.5 Å². The van der Waals surface area contributed by atoms with Crippen LogP contribution < -0.4 is 21.3 Å². The first-order chi connectivity index (χ1) is 25.7. The lowest BCUT2D eigenvalue weighted by Gasteiger charge is -2.40. The summed E-state index contributed by atoms with van der Waals surface area (Å²) in [4.78, 5) is 58.5. The van der Waals surface area contributed by atoms with Crippen molar-refractivity contribution in [2.24, 2.45) is 17.8 Å². The van der Waals surface area contributed by atoms with Crippen LogP contribution in [0.25, 0.3) is 10.9 Å². The third-order valence-corrected chi connectivity index (χ3v) is 11.2. The second-order valence-electron chi connectivity index (χ2n) is 14.9. The lowest BCUT2D eigenvalue weighted by atomic mass is 9.78. The van der Waals surface area contributed by atoms with Crippen molar-refractivity contribution in [3.63, 3.8) is 0 Å². The van der Waals surface area contributed by atoms with Gasteiger partial charge in [-0.2, -0.15) is 13.2 Å². The number of nitrogens with one attached hydrogen (secondary N) is 5. The van der Waals surface area contributed by atoms with Gasteiger partial charge in [0.15, 0.2) is 0 Å². The van der Waals surface area contributed by atoms with E-state index in [1.807, 2.05) is 20.8 Å². The summed E-state index contributed by atoms with van der Waals surface area (Å²) < 4.78 is 62.0. The maximum absolute atomic E-state index is 14.7. The molecule has 2 heterocycles. The molecule has 2 aromatic carbocycles. The summed E-state index contributed by atoms with van der Waals surface area (Å²) in [7, 11) is 0. The summed E-state index contributed by atoms with van der Waals surface area (Å²) in [6, 6.07) is 8.57. The molecule has 1 aromatic heterocycles. The molecule has 1 aliphatic carbocycles. The van der Waals surface area contributed by atoms with Gasteiger partial charge in [-0.25, -0.2) is 4.39 Å². The smallest absolute Gasteiger partial charge is 0.381 e. The summed E-state index contributed by atoms with van der Waals surface area (Å²) in [5, 5.41) is 11.9. The highest BCUT2D eigenvalue weighted by Crippen LogP contribution is 2.40. The number of carbonyl (C=O) groups excluding carboxylic acids is 4. The normalized spacial score (nSPS) is 19.9. The van der Waals surface area contributed by atoms with Crippen molar-refractivity contribution < 1.29 is 41.5 Å². The van der Waals surface area contributed by atoms with E-state index in [0.29, 0.717) is 37.3 Å². The quantitative estimate of drug-likeness (QED) is 0.104. The molecule has 54 heavy (non-hydrogen) atoms. The van der Waals surface area contributed by atoms with Crippen LogP contribution in [0.15, 0.2) is 42.5 Å². The molecule has 3 aromatic rings. The zero-order valence-corrected chi connectivity index (χ0v) is 31.3. The van der Waals surface area contributed by atoms with Gasteiger partial charge in [-0.1, -0.05) is 64.4 Å². The lowest BCUT2D eigenvalue weighted by Crippen LogP contribution is -2.67. The van der Waals surface area contributed by atoms with E-state index < -0.39 is 58.9 Å². The Kier molecular flexibility index (Phi) is 13.1. The maximum atomic E-state index is 14.7. The zero-order chi connectivity index (χ0) is 39.2. The number of alkyl halides is 3. The van der Waals surface area contributed by atoms with Gasteiger partial charge in [-0.3, -0.25) is 19.2 Å². The molecule has 5 atom stereocenters. The topological polar surface area (TPSA) is 141 Å². The molecule has 2 aliphatic rings. The van der Waals surface area contributed by atoms with E-state index in [4.69, 9.17) is 4.74 Å². The van der Waals surface area contributed by atoms with E-state index in [0.717, 1.165) is 18.9 Å². The Morgan fingerprint density at radius 2 is 1.63 bits per heavy atom. The molecule has 0 bridgehead atoms. The molecule has 5 N–H and O–H groups in total. The number of aromatic amines is 1. The van der Waals surface area contributed by atoms with Crippen molar-refractivity contribution in [2.45, 2.75) is 109 Å². The van der Waals surface area contributed by atoms with Crippen LogP contribution >= 0.6 is 0 Å². The third-order valence-electron chi connectivity index (χ3n) is 11.2. The van der Waals surface area contributed by atoms with Crippen LogP contribution in [0, 0.1) is 23.6 Å². The van der Waals surface area contributed by atoms with Gasteiger partial charge >= 0.3 is 6.18 Å². The van der Waals surface area contributed by atoms with E-state index in [1.165, 1.54) is 24.3 Å². The number of ether oxygens (including phenoxy) is 1. The van der Waals surface area contributed by atoms with Crippen molar-refractivity contribution in [3.8, 4) is 0 Å². The van der Waals surface area contributed by atoms with E-state index in [2.05, 4.69) is 26.3 Å². The summed E-state index contributed by atoms with van der Waals surface area (Å²) in [5.74, 6) is -3.14. The van der Waals surface area contributed by atoms with Crippen LogP contribution in [0.4, 0.5) is 17.6 Å². The summed E-state index contributed by atoms with van der Waals surface area (Å²) in [6.07, 6.45) is -2.93. The molecular weight excluding hydrogens is 706 g/mol. The maximum Gasteiger partial charge on any atom is 0.418 e. The number of carbonyl (C=O) groups is 4. The SMILES string of the molecule is CCC(C)[C@@H](NC(=O)CC1CCOCC1)NC(=O)[C@@]1(NC(=O)[C@@H](NC(=O)Cc2ccccc2F)C(C)CC)CCc2[nH]c3c(C(F)(F)F)cccc3c2C1. The summed E-state index contributed by atoms with van der Waals surface area (Å²) in [5.41, 5.74) is -1.47. The molecule has 2 unspecified atom stereocenters. The number of amides is 4. The highest BCUT2D eigenvalue weighted by atomic mass is 19.4. The van der Waals surface area contributed by atoms with Gasteiger partial charge in [0.25, 0.3) is 0 Å². The van der Waals surface area contributed by atoms with Crippen LogP contribution in [0.2, 0.25) is 0 Å². The molecule has 1 aliphatic heterocycles. The largest absolute Gasteiger partial charge is 0.418 e. The number of hydrogen-bond acceptors (Lipinski definition) is 5. The molecule has 0 spiro atoms. The van der Waals surface area contributed by atoms with E-state index in [9.17, 15) is 36.7 Å². The number of hydrogen-bond donors (Lipinski definition) is 5. The van der Waals surface area contributed by atoms with Crippen LogP contribution in [0.3, 0.4) is 0 Å². The predicted octanol–water partition coefficient (Wildman–Crippen LogP) is 5.86. The van der Waals surface area contributed by atoms with E-state index in [-0.39, 0.29) is 66.3 Å². The van der Waals surface area contributed by atoms with Crippen molar-refractivity contribution in [3.05, 3.63) is 70.7 Å². The number of rotatable bonds is 14. The Bertz CT molecular complexity index is 1820. The first-order valence-electron chi connectivity index (χ1n) is 18.9. The van der Waals surface area contributed by atoms with Crippen molar-refractivity contribution in [1.29, 1.82) is 0 Å². The van der Waals surface area contributed by atoms with Crippen LogP contribution in [-0.4, -0.2) is 59.6 Å². The van der Waals surface area contributed by atoms with Crippen LogP contribution in [0.5, 0.6) is 0 Å². The summed E-state index contributed by atoms with van der Waals surface area (Å²) >= 11 is 0. The molecule has 5 rings (SSSR count). The Balaban J connectivity index is 1.47. The lowest BCUT2D eigenvalue weighted by molar-refractivity contribution is -0.138. The standard InChI is InChI=1S/C40H51F4N5O5/c1-5-23(3)34(46-33(51)21-26-10-7-8-13-30(26)41)37(52)49-39(17-14-31-28(22-39)27-11-9-12-29(35(27)45-31)40(42,43)44)38(53)48-36(24(4)6-2)47-32(50)20-25-15-18-54-19-16-25/h7-13,23-25,34,36,45H,5-6,14-22H2,1-4H3,(H,46,51)(H,47,50)(H,48,53)(H,49,52)/t23?,24?,34-,36-,39+/m0/s1. The minimum atomic E-state index is -4.63. The Morgan fingerprint density at radius 1 is 0.926 bits per heavy atom. The van der Waals surface area contributed by atoms with E-state index in [1.54, 1.807) is 19.1 Å². The molecule has 0 saturated carbocycles. The van der Waals surface area contributed by atoms with Crippen molar-refractivity contribution in [2.75, 3.05) is 13.2 Å². The Morgan fingerprint density at radius 3 is 2.30 bits per heavy atom. The molecule has 294 valence electrons. The zero-order valence-electron chi connectivity index (χ0n) is 31.3. The fraction of sp³-hybridized carbons (Fsp3) is 0.550. The number of benzene rings is 2. The van der Waals surface area contributed by atoms with Gasteiger partial charge < -0.3 is 31.0 Å². The molecule has 4 amide bonds. The van der Waals surface area contributed by atoms with Gasteiger partial charge in [0.2, 0.25) is 23.6 Å². The number of para-hydroxylation sites is 1. The number of fused-ring (bicyclic) bond motifs is 3. The second-order valence-corrected chi connectivity index (χ2v) is 14.9. The minimum Gasteiger partial charge on any atom is -0.381 e. The highest BCUT2D eigenvalue weighted by molar-refractivity contribution is 5.97. The number of aromatic nitrogens is 1. The van der Waals surface area contributed by atoms with Gasteiger partial charge in [-0.15, -0.1) is 0 Å². The summed E-state index contributed by atoms with van der Waals surface area (Å²) in [6.45, 7) is 8.56. The minimum absolute atomic E-state index is 0.0192. The first-order valence-corrected chi connectivity index (χ1v) is 18.9. The van der Waals surface area contributed by atoms with Crippen LogP contribution in [-0.2, 0) is 49.4 Å².